The quantitative estimate of drug-likeness (QED) is 0.845. The Morgan fingerprint density at radius 3 is 2.31 bits per heavy atom. The number of aryl methyl sites for hydroxylation is 1. The fourth-order valence-corrected chi connectivity index (χ4v) is 1.57. The Morgan fingerprint density at radius 1 is 1.00 bits per heavy atom. The normalized spacial score (nSPS) is 10.3. The molecule has 2 rings (SSSR count). The lowest BCUT2D eigenvalue weighted by Gasteiger charge is -2.02. The molecule has 0 saturated carbocycles. The summed E-state index contributed by atoms with van der Waals surface area (Å²) >= 11 is 0. The molecule has 1 aromatic carbocycles. The van der Waals surface area contributed by atoms with Crippen LogP contribution in [0.1, 0.15) is 12.0 Å². The van der Waals surface area contributed by atoms with Gasteiger partial charge in [-0.25, -0.2) is 9.97 Å². The molecular formula is C13H15N3. The van der Waals surface area contributed by atoms with Crippen molar-refractivity contribution in [3.8, 4) is 11.4 Å². The average molecular weight is 213 g/mol. The minimum Gasteiger partial charge on any atom is -0.330 e. The lowest BCUT2D eigenvalue weighted by molar-refractivity contribution is 0.833. The largest absolute Gasteiger partial charge is 0.330 e. The number of aromatic nitrogens is 2. The Bertz CT molecular complexity index is 423. The van der Waals surface area contributed by atoms with Crippen LogP contribution in [0.3, 0.4) is 0 Å². The van der Waals surface area contributed by atoms with Crippen LogP contribution in [0.15, 0.2) is 42.7 Å². The van der Waals surface area contributed by atoms with Crippen LogP contribution in [0.4, 0.5) is 0 Å². The summed E-state index contributed by atoms with van der Waals surface area (Å²) in [5.74, 6) is 0.771. The van der Waals surface area contributed by atoms with Gasteiger partial charge in [0.1, 0.15) is 0 Å². The van der Waals surface area contributed by atoms with E-state index in [0.717, 1.165) is 30.8 Å². The minimum absolute atomic E-state index is 0.740. The van der Waals surface area contributed by atoms with Gasteiger partial charge in [-0.2, -0.15) is 0 Å². The fourth-order valence-electron chi connectivity index (χ4n) is 1.57. The van der Waals surface area contributed by atoms with E-state index in [2.05, 4.69) is 34.2 Å². The maximum absolute atomic E-state index is 5.48. The second kappa shape index (κ2) is 5.37. The molecule has 0 aliphatic carbocycles. The van der Waals surface area contributed by atoms with Gasteiger partial charge in [-0.3, -0.25) is 0 Å². The van der Waals surface area contributed by atoms with Gasteiger partial charge in [0, 0.05) is 18.0 Å². The summed E-state index contributed by atoms with van der Waals surface area (Å²) in [5, 5.41) is 0. The van der Waals surface area contributed by atoms with Crippen LogP contribution in [0.2, 0.25) is 0 Å². The first kappa shape index (κ1) is 10.8. The second-order valence-electron chi connectivity index (χ2n) is 3.66. The van der Waals surface area contributed by atoms with Crippen molar-refractivity contribution in [2.24, 2.45) is 5.73 Å². The summed E-state index contributed by atoms with van der Waals surface area (Å²) in [6.45, 7) is 0.740. The molecule has 2 N–H and O–H groups in total. The number of hydrogen-bond donors (Lipinski definition) is 1. The van der Waals surface area contributed by atoms with E-state index in [0.29, 0.717) is 0 Å². The molecule has 0 fully saturated rings. The Hall–Kier alpha value is -1.74. The molecule has 0 radical (unpaired) electrons. The smallest absolute Gasteiger partial charge is 0.159 e. The molecule has 0 saturated heterocycles. The van der Waals surface area contributed by atoms with E-state index >= 15 is 0 Å². The van der Waals surface area contributed by atoms with E-state index in [9.17, 15) is 0 Å². The first-order chi connectivity index (χ1) is 7.90. The van der Waals surface area contributed by atoms with Crippen molar-refractivity contribution >= 4 is 0 Å². The van der Waals surface area contributed by atoms with Gasteiger partial charge in [0.05, 0.1) is 0 Å². The Morgan fingerprint density at radius 2 is 1.69 bits per heavy atom. The summed E-state index contributed by atoms with van der Waals surface area (Å²) in [6.07, 6.45) is 5.57. The molecule has 0 aliphatic heterocycles. The van der Waals surface area contributed by atoms with Crippen LogP contribution in [0, 0.1) is 0 Å². The predicted octanol–water partition coefficient (Wildman–Crippen LogP) is 2.03. The molecule has 1 aromatic heterocycles. The van der Waals surface area contributed by atoms with Crippen LogP contribution in [-0.2, 0) is 6.42 Å². The molecule has 0 unspecified atom stereocenters. The minimum atomic E-state index is 0.740. The third-order valence-electron chi connectivity index (χ3n) is 2.45. The monoisotopic (exact) mass is 213 g/mol. The maximum atomic E-state index is 5.48. The van der Waals surface area contributed by atoms with Gasteiger partial charge < -0.3 is 5.73 Å². The van der Waals surface area contributed by atoms with E-state index in [1.165, 1.54) is 5.56 Å². The Kier molecular flexibility index (Phi) is 3.62. The third kappa shape index (κ3) is 2.64. The molecule has 0 aliphatic rings. The van der Waals surface area contributed by atoms with Crippen molar-refractivity contribution < 1.29 is 0 Å². The van der Waals surface area contributed by atoms with Gasteiger partial charge in [-0.15, -0.1) is 0 Å². The average Bonchev–Trinajstić information content (AvgIpc) is 2.38. The number of nitrogens with two attached hydrogens (primary N) is 1. The van der Waals surface area contributed by atoms with E-state index in [1.54, 1.807) is 12.4 Å². The van der Waals surface area contributed by atoms with Crippen molar-refractivity contribution in [2.45, 2.75) is 12.8 Å². The highest BCUT2D eigenvalue weighted by Crippen LogP contribution is 2.15. The zero-order valence-corrected chi connectivity index (χ0v) is 9.13. The molecule has 2 aromatic rings. The van der Waals surface area contributed by atoms with E-state index < -0.39 is 0 Å². The molecular weight excluding hydrogens is 198 g/mol. The molecule has 0 bridgehead atoms. The second-order valence-corrected chi connectivity index (χ2v) is 3.66. The van der Waals surface area contributed by atoms with E-state index in [1.807, 2.05) is 6.07 Å². The fraction of sp³-hybridized carbons (Fsp3) is 0.231. The van der Waals surface area contributed by atoms with Gasteiger partial charge in [0.2, 0.25) is 0 Å². The van der Waals surface area contributed by atoms with E-state index in [-0.39, 0.29) is 0 Å². The molecule has 0 amide bonds. The predicted molar refractivity (Wildman–Crippen MR) is 64.8 cm³/mol. The first-order valence-corrected chi connectivity index (χ1v) is 5.46. The van der Waals surface area contributed by atoms with Crippen molar-refractivity contribution in [1.29, 1.82) is 0 Å². The van der Waals surface area contributed by atoms with Gasteiger partial charge in [-0.05, 0) is 31.0 Å². The topological polar surface area (TPSA) is 51.8 Å². The summed E-state index contributed by atoms with van der Waals surface area (Å²) in [4.78, 5) is 8.42. The van der Waals surface area contributed by atoms with Crippen molar-refractivity contribution in [1.82, 2.24) is 9.97 Å². The molecule has 0 spiro atoms. The Balaban J connectivity index is 2.13. The van der Waals surface area contributed by atoms with Crippen molar-refractivity contribution in [3.63, 3.8) is 0 Å². The highest BCUT2D eigenvalue weighted by atomic mass is 14.8. The molecule has 3 nitrogen and oxygen atoms in total. The van der Waals surface area contributed by atoms with Crippen molar-refractivity contribution in [2.75, 3.05) is 6.54 Å². The summed E-state index contributed by atoms with van der Waals surface area (Å²) < 4.78 is 0. The standard InChI is InChI=1S/C13H15N3/c14-8-1-3-11-4-6-12(7-5-11)13-15-9-2-10-16-13/h2,4-7,9-10H,1,3,8,14H2. The third-order valence-corrected chi connectivity index (χ3v) is 2.45. The van der Waals surface area contributed by atoms with E-state index in [4.69, 9.17) is 5.73 Å². The molecule has 0 atom stereocenters. The van der Waals surface area contributed by atoms with Gasteiger partial charge >= 0.3 is 0 Å². The molecule has 16 heavy (non-hydrogen) atoms. The molecule has 3 heteroatoms. The Labute approximate surface area is 95.4 Å². The first-order valence-electron chi connectivity index (χ1n) is 5.46. The lowest BCUT2D eigenvalue weighted by Crippen LogP contribution is -2.00. The maximum Gasteiger partial charge on any atom is 0.159 e. The summed E-state index contributed by atoms with van der Waals surface area (Å²) in [5.41, 5.74) is 7.84. The van der Waals surface area contributed by atoms with Crippen LogP contribution in [-0.4, -0.2) is 16.5 Å². The van der Waals surface area contributed by atoms with Crippen molar-refractivity contribution in [3.05, 3.63) is 48.3 Å². The van der Waals surface area contributed by atoms with Crippen LogP contribution in [0.25, 0.3) is 11.4 Å². The number of nitrogens with zero attached hydrogens (tertiary/aromatic N) is 2. The summed E-state index contributed by atoms with van der Waals surface area (Å²) in [7, 11) is 0. The molecule has 1 heterocycles. The zero-order chi connectivity index (χ0) is 11.2. The van der Waals surface area contributed by atoms with Crippen LogP contribution >= 0.6 is 0 Å². The zero-order valence-electron chi connectivity index (χ0n) is 9.13. The SMILES string of the molecule is NCCCc1ccc(-c2ncccn2)cc1. The lowest BCUT2D eigenvalue weighted by atomic mass is 10.1. The van der Waals surface area contributed by atoms with Gasteiger partial charge in [0.25, 0.3) is 0 Å². The number of benzene rings is 1. The van der Waals surface area contributed by atoms with Crippen LogP contribution in [0.5, 0.6) is 0 Å². The van der Waals surface area contributed by atoms with Crippen LogP contribution < -0.4 is 5.73 Å². The highest BCUT2D eigenvalue weighted by Gasteiger charge is 1.99. The van der Waals surface area contributed by atoms with Gasteiger partial charge in [-0.1, -0.05) is 24.3 Å². The summed E-state index contributed by atoms with van der Waals surface area (Å²) in [6, 6.07) is 10.2. The number of hydrogen-bond acceptors (Lipinski definition) is 3. The highest BCUT2D eigenvalue weighted by molar-refractivity contribution is 5.54. The molecule has 82 valence electrons. The van der Waals surface area contributed by atoms with Gasteiger partial charge in [0.15, 0.2) is 5.82 Å². The number of rotatable bonds is 4.